The Morgan fingerprint density at radius 1 is 1.55 bits per heavy atom. The van der Waals surface area contributed by atoms with Crippen molar-refractivity contribution in [2.75, 3.05) is 0 Å². The molecule has 0 fully saturated rings. The molecule has 2 nitrogen and oxygen atoms in total. The lowest BCUT2D eigenvalue weighted by Gasteiger charge is -2.07. The van der Waals surface area contributed by atoms with Crippen molar-refractivity contribution in [3.8, 4) is 0 Å². The first-order valence-corrected chi connectivity index (χ1v) is 4.17. The molecule has 11 heavy (non-hydrogen) atoms. The van der Waals surface area contributed by atoms with Crippen molar-refractivity contribution in [1.29, 1.82) is 0 Å². The molecule has 0 aromatic carbocycles. The van der Waals surface area contributed by atoms with E-state index in [9.17, 15) is 0 Å². The van der Waals surface area contributed by atoms with Crippen molar-refractivity contribution in [1.82, 2.24) is 9.78 Å². The van der Waals surface area contributed by atoms with Crippen LogP contribution in [0.1, 0.15) is 37.9 Å². The summed E-state index contributed by atoms with van der Waals surface area (Å²) >= 11 is 0. The molecule has 1 rings (SSSR count). The molecule has 0 unspecified atom stereocenters. The number of hydrogen-bond acceptors (Lipinski definition) is 1. The van der Waals surface area contributed by atoms with Crippen LogP contribution in [-0.2, 0) is 13.5 Å². The number of nitrogens with zero attached hydrogens (tertiary/aromatic N) is 2. The molecule has 0 amide bonds. The molecule has 0 saturated carbocycles. The van der Waals surface area contributed by atoms with Crippen molar-refractivity contribution in [3.63, 3.8) is 0 Å². The molecule has 0 atom stereocenters. The predicted octanol–water partition coefficient (Wildman–Crippen LogP) is 2.11. The van der Waals surface area contributed by atoms with E-state index in [2.05, 4.69) is 25.9 Å². The van der Waals surface area contributed by atoms with Crippen molar-refractivity contribution in [3.05, 3.63) is 17.5 Å². The third-order valence-electron chi connectivity index (χ3n) is 1.99. The van der Waals surface area contributed by atoms with Crippen molar-refractivity contribution in [2.45, 2.75) is 33.1 Å². The zero-order chi connectivity index (χ0) is 8.43. The van der Waals surface area contributed by atoms with Gasteiger partial charge in [-0.05, 0) is 17.9 Å². The molecule has 0 bridgehead atoms. The maximum atomic E-state index is 4.23. The van der Waals surface area contributed by atoms with Crippen LogP contribution in [0.4, 0.5) is 0 Å². The summed E-state index contributed by atoms with van der Waals surface area (Å²) in [5.74, 6) is 0.581. The first kappa shape index (κ1) is 8.31. The lowest BCUT2D eigenvalue weighted by Crippen LogP contribution is -2.01. The Morgan fingerprint density at radius 3 is 2.55 bits per heavy atom. The fourth-order valence-corrected chi connectivity index (χ4v) is 1.51. The molecule has 0 spiro atoms. The Labute approximate surface area is 68.2 Å². The van der Waals surface area contributed by atoms with Crippen molar-refractivity contribution in [2.24, 2.45) is 7.05 Å². The van der Waals surface area contributed by atoms with Crippen LogP contribution in [0.5, 0.6) is 0 Å². The van der Waals surface area contributed by atoms with Gasteiger partial charge in [0, 0.05) is 12.7 Å². The highest BCUT2D eigenvalue weighted by Crippen LogP contribution is 2.18. The normalized spacial score (nSPS) is 11.0. The molecule has 1 heterocycles. The highest BCUT2D eigenvalue weighted by molar-refractivity contribution is 5.20. The predicted molar refractivity (Wildman–Crippen MR) is 46.7 cm³/mol. The SMILES string of the molecule is CCc1cnn(C)c1C(C)C. The summed E-state index contributed by atoms with van der Waals surface area (Å²) in [5, 5.41) is 4.23. The quantitative estimate of drug-likeness (QED) is 0.634. The van der Waals surface area contributed by atoms with E-state index in [-0.39, 0.29) is 0 Å². The van der Waals surface area contributed by atoms with Gasteiger partial charge in [-0.15, -0.1) is 0 Å². The second-order valence-electron chi connectivity index (χ2n) is 3.19. The second-order valence-corrected chi connectivity index (χ2v) is 3.19. The highest BCUT2D eigenvalue weighted by atomic mass is 15.3. The average Bonchev–Trinajstić information content (AvgIpc) is 2.30. The molecule has 0 aliphatic heterocycles. The van der Waals surface area contributed by atoms with Gasteiger partial charge >= 0.3 is 0 Å². The van der Waals surface area contributed by atoms with Crippen molar-refractivity contribution >= 4 is 0 Å². The van der Waals surface area contributed by atoms with Gasteiger partial charge in [0.05, 0.1) is 6.20 Å². The summed E-state index contributed by atoms with van der Waals surface area (Å²) in [6.07, 6.45) is 3.05. The van der Waals surface area contributed by atoms with Gasteiger partial charge in [0.15, 0.2) is 0 Å². The molecule has 0 saturated heterocycles. The van der Waals surface area contributed by atoms with E-state index >= 15 is 0 Å². The van der Waals surface area contributed by atoms with E-state index in [4.69, 9.17) is 0 Å². The van der Waals surface area contributed by atoms with Crippen LogP contribution in [0.15, 0.2) is 6.20 Å². The van der Waals surface area contributed by atoms with Crippen LogP contribution < -0.4 is 0 Å². The fraction of sp³-hybridized carbons (Fsp3) is 0.667. The van der Waals surface area contributed by atoms with Gasteiger partial charge < -0.3 is 0 Å². The molecule has 1 aromatic heterocycles. The Bertz CT molecular complexity index is 236. The summed E-state index contributed by atoms with van der Waals surface area (Å²) in [6.45, 7) is 6.58. The Kier molecular flexibility index (Phi) is 2.32. The Morgan fingerprint density at radius 2 is 2.18 bits per heavy atom. The number of aryl methyl sites for hydroxylation is 2. The average molecular weight is 152 g/mol. The lowest BCUT2D eigenvalue weighted by molar-refractivity contribution is 0.664. The topological polar surface area (TPSA) is 17.8 Å². The van der Waals surface area contributed by atoms with Crippen LogP contribution in [0.3, 0.4) is 0 Å². The summed E-state index contributed by atoms with van der Waals surface area (Å²) in [7, 11) is 2.01. The Hall–Kier alpha value is -0.790. The molecule has 0 N–H and O–H groups in total. The molecule has 0 aliphatic rings. The minimum atomic E-state index is 0.581. The van der Waals surface area contributed by atoms with Gasteiger partial charge in [-0.3, -0.25) is 4.68 Å². The molecule has 1 aromatic rings. The molecule has 2 heteroatoms. The Balaban J connectivity index is 3.07. The third-order valence-corrected chi connectivity index (χ3v) is 1.99. The summed E-state index contributed by atoms with van der Waals surface area (Å²) in [5.41, 5.74) is 2.75. The van der Waals surface area contributed by atoms with Gasteiger partial charge in [0.25, 0.3) is 0 Å². The maximum Gasteiger partial charge on any atom is 0.0524 e. The lowest BCUT2D eigenvalue weighted by atomic mass is 10.0. The minimum Gasteiger partial charge on any atom is -0.272 e. The fourth-order valence-electron chi connectivity index (χ4n) is 1.51. The van der Waals surface area contributed by atoms with E-state index in [0.29, 0.717) is 5.92 Å². The second kappa shape index (κ2) is 3.07. The van der Waals surface area contributed by atoms with Crippen LogP contribution in [0.25, 0.3) is 0 Å². The molecule has 0 aliphatic carbocycles. The summed E-state index contributed by atoms with van der Waals surface area (Å²) < 4.78 is 1.98. The maximum absolute atomic E-state index is 4.23. The van der Waals surface area contributed by atoms with Crippen LogP contribution in [0.2, 0.25) is 0 Å². The molecule has 0 radical (unpaired) electrons. The largest absolute Gasteiger partial charge is 0.272 e. The molecular formula is C9H16N2. The van der Waals surface area contributed by atoms with Gasteiger partial charge in [0.2, 0.25) is 0 Å². The molecular weight excluding hydrogens is 136 g/mol. The van der Waals surface area contributed by atoms with Crippen LogP contribution in [0, 0.1) is 0 Å². The number of rotatable bonds is 2. The zero-order valence-electron chi connectivity index (χ0n) is 7.76. The first-order chi connectivity index (χ1) is 5.16. The van der Waals surface area contributed by atoms with E-state index in [1.165, 1.54) is 11.3 Å². The van der Waals surface area contributed by atoms with Crippen LogP contribution in [-0.4, -0.2) is 9.78 Å². The highest BCUT2D eigenvalue weighted by Gasteiger charge is 2.09. The van der Waals surface area contributed by atoms with Gasteiger partial charge in [-0.1, -0.05) is 20.8 Å². The summed E-state index contributed by atoms with van der Waals surface area (Å²) in [6, 6.07) is 0. The van der Waals surface area contributed by atoms with E-state index < -0.39 is 0 Å². The standard InChI is InChI=1S/C9H16N2/c1-5-8-6-10-11(4)9(8)7(2)3/h6-7H,5H2,1-4H3. The van der Waals surface area contributed by atoms with Crippen molar-refractivity contribution < 1.29 is 0 Å². The first-order valence-electron chi connectivity index (χ1n) is 4.17. The van der Waals surface area contributed by atoms with Crippen LogP contribution >= 0.6 is 0 Å². The monoisotopic (exact) mass is 152 g/mol. The van der Waals surface area contributed by atoms with E-state index in [1.54, 1.807) is 0 Å². The van der Waals surface area contributed by atoms with E-state index in [0.717, 1.165) is 6.42 Å². The number of aromatic nitrogens is 2. The third kappa shape index (κ3) is 1.44. The summed E-state index contributed by atoms with van der Waals surface area (Å²) in [4.78, 5) is 0. The number of hydrogen-bond donors (Lipinski definition) is 0. The zero-order valence-corrected chi connectivity index (χ0v) is 7.76. The van der Waals surface area contributed by atoms with Gasteiger partial charge in [-0.2, -0.15) is 5.10 Å². The van der Waals surface area contributed by atoms with Gasteiger partial charge in [-0.25, -0.2) is 0 Å². The van der Waals surface area contributed by atoms with Gasteiger partial charge in [0.1, 0.15) is 0 Å². The minimum absolute atomic E-state index is 0.581. The molecule has 62 valence electrons. The van der Waals surface area contributed by atoms with E-state index in [1.807, 2.05) is 17.9 Å². The smallest absolute Gasteiger partial charge is 0.0524 e.